The Bertz CT molecular complexity index is 882. The van der Waals surface area contributed by atoms with Crippen LogP contribution in [-0.2, 0) is 14.3 Å². The normalized spacial score (nSPS) is 10.1. The SMILES string of the molecule is COC(=O)c1ccc(C(=O)OC)c(NC(=O)CNc2cc(F)ccc2C)c1. The molecule has 0 bridgehead atoms. The van der Waals surface area contributed by atoms with Gasteiger partial charge in [0, 0.05) is 5.69 Å². The van der Waals surface area contributed by atoms with Crippen molar-refractivity contribution in [1.29, 1.82) is 0 Å². The molecule has 0 unspecified atom stereocenters. The Labute approximate surface area is 155 Å². The summed E-state index contributed by atoms with van der Waals surface area (Å²) in [5, 5.41) is 5.37. The topological polar surface area (TPSA) is 93.7 Å². The van der Waals surface area contributed by atoms with Gasteiger partial charge in [-0.05, 0) is 42.8 Å². The maximum absolute atomic E-state index is 13.3. The number of methoxy groups -OCH3 is 2. The number of amides is 1. The number of hydrogen-bond acceptors (Lipinski definition) is 6. The second-order valence-corrected chi connectivity index (χ2v) is 5.60. The summed E-state index contributed by atoms with van der Waals surface area (Å²) >= 11 is 0. The molecule has 2 rings (SSSR count). The highest BCUT2D eigenvalue weighted by Crippen LogP contribution is 2.20. The fourth-order valence-corrected chi connectivity index (χ4v) is 2.34. The van der Waals surface area contributed by atoms with Gasteiger partial charge in [-0.25, -0.2) is 14.0 Å². The summed E-state index contributed by atoms with van der Waals surface area (Å²) in [4.78, 5) is 35.8. The Morgan fingerprint density at radius 1 is 0.963 bits per heavy atom. The number of hydrogen-bond donors (Lipinski definition) is 2. The van der Waals surface area contributed by atoms with Crippen molar-refractivity contribution in [3.05, 3.63) is 58.9 Å². The molecule has 0 saturated heterocycles. The van der Waals surface area contributed by atoms with Crippen LogP contribution in [0.5, 0.6) is 0 Å². The average molecular weight is 374 g/mol. The zero-order chi connectivity index (χ0) is 20.0. The van der Waals surface area contributed by atoms with E-state index in [1.165, 1.54) is 44.6 Å². The molecule has 2 N–H and O–H groups in total. The Morgan fingerprint density at radius 2 is 1.67 bits per heavy atom. The highest BCUT2D eigenvalue weighted by Gasteiger charge is 2.17. The van der Waals surface area contributed by atoms with Crippen LogP contribution >= 0.6 is 0 Å². The number of aryl methyl sites for hydroxylation is 1. The highest BCUT2D eigenvalue weighted by molar-refractivity contribution is 6.04. The van der Waals surface area contributed by atoms with Crippen LogP contribution < -0.4 is 10.6 Å². The molecule has 0 saturated carbocycles. The van der Waals surface area contributed by atoms with Gasteiger partial charge in [-0.3, -0.25) is 4.79 Å². The van der Waals surface area contributed by atoms with E-state index in [2.05, 4.69) is 20.1 Å². The lowest BCUT2D eigenvalue weighted by molar-refractivity contribution is -0.114. The molecule has 0 atom stereocenters. The van der Waals surface area contributed by atoms with Gasteiger partial charge in [0.05, 0.1) is 37.6 Å². The Kier molecular flexibility index (Phi) is 6.48. The summed E-state index contributed by atoms with van der Waals surface area (Å²) in [6, 6.07) is 8.26. The number of anilines is 2. The van der Waals surface area contributed by atoms with Gasteiger partial charge in [-0.2, -0.15) is 0 Å². The van der Waals surface area contributed by atoms with Crippen LogP contribution in [0.4, 0.5) is 15.8 Å². The Hall–Kier alpha value is -3.42. The number of ether oxygens (including phenoxy) is 2. The summed E-state index contributed by atoms with van der Waals surface area (Å²) in [5.74, 6) is -2.21. The molecular formula is C19H19FN2O5. The van der Waals surface area contributed by atoms with Crippen LogP contribution in [0.15, 0.2) is 36.4 Å². The minimum atomic E-state index is -0.671. The van der Waals surface area contributed by atoms with Crippen molar-refractivity contribution >= 4 is 29.2 Å². The van der Waals surface area contributed by atoms with Crippen molar-refractivity contribution in [2.24, 2.45) is 0 Å². The van der Waals surface area contributed by atoms with Crippen molar-refractivity contribution in [2.45, 2.75) is 6.92 Å². The summed E-state index contributed by atoms with van der Waals surface area (Å²) in [7, 11) is 2.43. The average Bonchev–Trinajstić information content (AvgIpc) is 2.67. The number of esters is 2. The number of benzene rings is 2. The van der Waals surface area contributed by atoms with Crippen molar-refractivity contribution in [2.75, 3.05) is 31.4 Å². The zero-order valence-electron chi connectivity index (χ0n) is 15.1. The molecule has 0 radical (unpaired) electrons. The number of carbonyl (C=O) groups is 3. The largest absolute Gasteiger partial charge is 0.465 e. The standard InChI is InChI=1S/C19H19FN2O5/c1-11-4-6-13(20)9-15(11)21-10-17(23)22-16-8-12(18(24)26-2)5-7-14(16)19(25)27-3/h4-9,21H,10H2,1-3H3,(H,22,23). The summed E-state index contributed by atoms with van der Waals surface area (Å²) in [6.45, 7) is 1.60. The molecule has 0 fully saturated rings. The van der Waals surface area contributed by atoms with E-state index in [-0.39, 0.29) is 23.4 Å². The fraction of sp³-hybridized carbons (Fsp3) is 0.211. The van der Waals surface area contributed by atoms with E-state index in [9.17, 15) is 18.8 Å². The van der Waals surface area contributed by atoms with Gasteiger partial charge in [0.2, 0.25) is 5.91 Å². The van der Waals surface area contributed by atoms with Gasteiger partial charge in [-0.15, -0.1) is 0 Å². The highest BCUT2D eigenvalue weighted by atomic mass is 19.1. The van der Waals surface area contributed by atoms with Crippen molar-refractivity contribution in [3.8, 4) is 0 Å². The van der Waals surface area contributed by atoms with E-state index >= 15 is 0 Å². The minimum absolute atomic E-state index is 0.0837. The summed E-state index contributed by atoms with van der Waals surface area (Å²) < 4.78 is 22.6. The first kappa shape index (κ1) is 19.9. The van der Waals surface area contributed by atoms with Crippen molar-refractivity contribution < 1.29 is 28.2 Å². The first-order valence-corrected chi connectivity index (χ1v) is 7.96. The van der Waals surface area contributed by atoms with Crippen LogP contribution in [0.2, 0.25) is 0 Å². The third-order valence-electron chi connectivity index (χ3n) is 3.76. The summed E-state index contributed by atoms with van der Waals surface area (Å²) in [5.41, 5.74) is 1.59. The summed E-state index contributed by atoms with van der Waals surface area (Å²) in [6.07, 6.45) is 0. The molecule has 0 heterocycles. The number of carbonyl (C=O) groups excluding carboxylic acids is 3. The van der Waals surface area contributed by atoms with Gasteiger partial charge < -0.3 is 20.1 Å². The molecule has 27 heavy (non-hydrogen) atoms. The molecule has 2 aromatic carbocycles. The lowest BCUT2D eigenvalue weighted by Crippen LogP contribution is -2.23. The maximum atomic E-state index is 13.3. The van der Waals surface area contributed by atoms with E-state index in [1.807, 2.05) is 0 Å². The lowest BCUT2D eigenvalue weighted by Gasteiger charge is -2.13. The van der Waals surface area contributed by atoms with E-state index in [0.717, 1.165) is 5.56 Å². The van der Waals surface area contributed by atoms with E-state index in [4.69, 9.17) is 0 Å². The number of nitrogens with one attached hydrogen (secondary N) is 2. The molecule has 8 heteroatoms. The number of halogens is 1. The number of rotatable bonds is 6. The van der Waals surface area contributed by atoms with Gasteiger partial charge in [0.25, 0.3) is 0 Å². The van der Waals surface area contributed by atoms with Crippen molar-refractivity contribution in [1.82, 2.24) is 0 Å². The third-order valence-corrected chi connectivity index (χ3v) is 3.76. The van der Waals surface area contributed by atoms with Crippen LogP contribution in [0.3, 0.4) is 0 Å². The van der Waals surface area contributed by atoms with Crippen LogP contribution in [0.1, 0.15) is 26.3 Å². The predicted octanol–water partition coefficient (Wildman–Crippen LogP) is 2.76. The molecule has 0 spiro atoms. The Balaban J connectivity index is 2.18. The smallest absolute Gasteiger partial charge is 0.339 e. The molecule has 0 aliphatic carbocycles. The van der Waals surface area contributed by atoms with Gasteiger partial charge >= 0.3 is 11.9 Å². The van der Waals surface area contributed by atoms with Crippen molar-refractivity contribution in [3.63, 3.8) is 0 Å². The van der Waals surface area contributed by atoms with E-state index < -0.39 is 23.7 Å². The Morgan fingerprint density at radius 3 is 2.33 bits per heavy atom. The predicted molar refractivity (Wildman–Crippen MR) is 97.4 cm³/mol. The quantitative estimate of drug-likeness (QED) is 0.755. The third kappa shape index (κ3) is 5.04. The van der Waals surface area contributed by atoms with Crippen LogP contribution in [0.25, 0.3) is 0 Å². The molecule has 142 valence electrons. The van der Waals surface area contributed by atoms with Gasteiger partial charge in [-0.1, -0.05) is 6.07 Å². The van der Waals surface area contributed by atoms with E-state index in [0.29, 0.717) is 5.69 Å². The first-order chi connectivity index (χ1) is 12.8. The molecule has 0 aliphatic heterocycles. The van der Waals surface area contributed by atoms with Gasteiger partial charge in [0.1, 0.15) is 5.82 Å². The molecule has 0 aliphatic rings. The monoisotopic (exact) mass is 374 g/mol. The minimum Gasteiger partial charge on any atom is -0.465 e. The lowest BCUT2D eigenvalue weighted by atomic mass is 10.1. The fourth-order valence-electron chi connectivity index (χ4n) is 2.34. The molecule has 0 aromatic heterocycles. The molecule has 2 aromatic rings. The second-order valence-electron chi connectivity index (χ2n) is 5.60. The van der Waals surface area contributed by atoms with Crippen LogP contribution in [0, 0.1) is 12.7 Å². The molecule has 1 amide bonds. The second kappa shape index (κ2) is 8.79. The molecule has 7 nitrogen and oxygen atoms in total. The van der Waals surface area contributed by atoms with Crippen LogP contribution in [-0.4, -0.2) is 38.6 Å². The maximum Gasteiger partial charge on any atom is 0.339 e. The molecular weight excluding hydrogens is 355 g/mol. The van der Waals surface area contributed by atoms with E-state index in [1.54, 1.807) is 13.0 Å². The first-order valence-electron chi connectivity index (χ1n) is 7.96. The van der Waals surface area contributed by atoms with Gasteiger partial charge in [0.15, 0.2) is 0 Å². The zero-order valence-corrected chi connectivity index (χ0v) is 15.1.